The van der Waals surface area contributed by atoms with Crippen LogP contribution in [0.15, 0.2) is 35.1 Å². The van der Waals surface area contributed by atoms with Gasteiger partial charge in [-0.15, -0.1) is 0 Å². The van der Waals surface area contributed by atoms with Crippen LogP contribution >= 0.6 is 0 Å². The summed E-state index contributed by atoms with van der Waals surface area (Å²) in [7, 11) is 0. The second-order valence-corrected chi connectivity index (χ2v) is 9.39. The zero-order chi connectivity index (χ0) is 20.1. The molecule has 4 aliphatic carbocycles. The van der Waals surface area contributed by atoms with Crippen LogP contribution in [0, 0.1) is 28.6 Å². The molecule has 0 saturated heterocycles. The van der Waals surface area contributed by atoms with Gasteiger partial charge in [-0.2, -0.15) is 0 Å². The van der Waals surface area contributed by atoms with Gasteiger partial charge >= 0.3 is 5.97 Å². The Labute approximate surface area is 167 Å². The molecule has 4 aliphatic rings. The molecule has 0 N–H and O–H groups in total. The number of esters is 1. The molecule has 0 heterocycles. The summed E-state index contributed by atoms with van der Waals surface area (Å²) >= 11 is 0. The lowest BCUT2D eigenvalue weighted by molar-refractivity contribution is -0.141. The Morgan fingerprint density at radius 1 is 1.21 bits per heavy atom. The van der Waals surface area contributed by atoms with Gasteiger partial charge in [0.15, 0.2) is 17.8 Å². The molecule has 0 unspecified atom stereocenters. The van der Waals surface area contributed by atoms with Gasteiger partial charge < -0.3 is 4.74 Å². The molecule has 0 aromatic carbocycles. The Bertz CT molecular complexity index is 816. The second-order valence-electron chi connectivity index (χ2n) is 9.39. The van der Waals surface area contributed by atoms with Gasteiger partial charge in [-0.25, -0.2) is 0 Å². The Hall–Kier alpha value is -1.97. The molecule has 0 aromatic heterocycles. The van der Waals surface area contributed by atoms with Gasteiger partial charge in [0.05, 0.1) is 0 Å². The third-order valence-electron chi connectivity index (χ3n) is 8.26. The van der Waals surface area contributed by atoms with E-state index in [1.54, 1.807) is 13.0 Å². The molecule has 4 rings (SSSR count). The van der Waals surface area contributed by atoms with Crippen LogP contribution in [0.25, 0.3) is 0 Å². The molecule has 3 fully saturated rings. The summed E-state index contributed by atoms with van der Waals surface area (Å²) in [6.45, 7) is 6.32. The van der Waals surface area contributed by atoms with Crippen molar-refractivity contribution in [2.24, 2.45) is 28.6 Å². The first-order valence-corrected chi connectivity index (χ1v) is 10.7. The van der Waals surface area contributed by atoms with Gasteiger partial charge in [-0.05, 0) is 79.4 Å². The van der Waals surface area contributed by atoms with Crippen LogP contribution in [0.5, 0.6) is 0 Å². The Balaban J connectivity index is 1.66. The van der Waals surface area contributed by atoms with Gasteiger partial charge in [0.2, 0.25) is 0 Å². The molecule has 0 aromatic rings. The maximum Gasteiger partial charge on any atom is 0.311 e. The highest BCUT2D eigenvalue weighted by Gasteiger charge is 2.57. The molecule has 3 saturated carbocycles. The monoisotopic (exact) mass is 382 g/mol. The van der Waals surface area contributed by atoms with E-state index >= 15 is 0 Å². The number of allylic oxidation sites excluding steroid dienone is 6. The maximum absolute atomic E-state index is 11.9. The van der Waals surface area contributed by atoms with E-state index in [2.05, 4.69) is 19.9 Å². The van der Waals surface area contributed by atoms with Gasteiger partial charge in [-0.1, -0.05) is 32.4 Å². The average Bonchev–Trinajstić information content (AvgIpc) is 3.03. The predicted octanol–water partition coefficient (Wildman–Crippen LogP) is 4.70. The van der Waals surface area contributed by atoms with E-state index < -0.39 is 0 Å². The molecule has 0 aliphatic heterocycles. The minimum Gasteiger partial charge on any atom is -0.423 e. The largest absolute Gasteiger partial charge is 0.423 e. The van der Waals surface area contributed by atoms with Crippen molar-refractivity contribution >= 4 is 18.0 Å². The first-order chi connectivity index (χ1) is 13.3. The number of carbonyl (C=O) groups is 3. The lowest BCUT2D eigenvalue weighted by Gasteiger charge is -2.56. The van der Waals surface area contributed by atoms with E-state index in [1.165, 1.54) is 5.57 Å². The van der Waals surface area contributed by atoms with Gasteiger partial charge in [0, 0.05) is 11.8 Å². The summed E-state index contributed by atoms with van der Waals surface area (Å²) in [5.74, 6) is 1.65. The molecular formula is C24H30O4. The zero-order valence-corrected chi connectivity index (χ0v) is 17.1. The molecule has 4 heteroatoms. The van der Waals surface area contributed by atoms with Crippen LogP contribution in [0.4, 0.5) is 0 Å². The summed E-state index contributed by atoms with van der Waals surface area (Å²) in [5.41, 5.74) is 2.25. The van der Waals surface area contributed by atoms with Crippen molar-refractivity contribution in [3.63, 3.8) is 0 Å². The van der Waals surface area contributed by atoms with Crippen LogP contribution in [0.3, 0.4) is 0 Å². The standard InChI is InChI=1S/C24H30O4/c1-4-22(27)28-21(14-25)20-8-7-18-17-6-5-15-13-16(26)9-11-23(15,2)19(17)10-12-24(18,20)3/h9,11,13-14,17-19H,4-8,10,12H2,1-3H3/b21-20-/t17-,18-,19-,23-,24-/m0/s1. The van der Waals surface area contributed by atoms with Crippen molar-refractivity contribution in [3.8, 4) is 0 Å². The highest BCUT2D eigenvalue weighted by Crippen LogP contribution is 2.66. The zero-order valence-electron chi connectivity index (χ0n) is 17.1. The predicted molar refractivity (Wildman–Crippen MR) is 106 cm³/mol. The second kappa shape index (κ2) is 6.82. The molecule has 0 spiro atoms. The number of fused-ring (bicyclic) bond motifs is 5. The third kappa shape index (κ3) is 2.75. The summed E-state index contributed by atoms with van der Waals surface area (Å²) in [4.78, 5) is 35.4. The fourth-order valence-corrected chi connectivity index (χ4v) is 6.77. The average molecular weight is 383 g/mol. The topological polar surface area (TPSA) is 60.4 Å². The van der Waals surface area contributed by atoms with Crippen LogP contribution in [-0.2, 0) is 19.1 Å². The Kier molecular flexibility index (Phi) is 4.71. The van der Waals surface area contributed by atoms with E-state index in [0.29, 0.717) is 17.8 Å². The minimum absolute atomic E-state index is 0.0210. The van der Waals surface area contributed by atoms with Gasteiger partial charge in [-0.3, -0.25) is 14.4 Å². The van der Waals surface area contributed by atoms with Crippen LogP contribution in [-0.4, -0.2) is 18.0 Å². The number of carbonyl (C=O) groups excluding carboxylic acids is 3. The van der Waals surface area contributed by atoms with Crippen molar-refractivity contribution in [3.05, 3.63) is 35.1 Å². The highest BCUT2D eigenvalue weighted by atomic mass is 16.5. The molecule has 150 valence electrons. The molecule has 0 amide bonds. The summed E-state index contributed by atoms with van der Waals surface area (Å²) in [6, 6.07) is 0. The van der Waals surface area contributed by atoms with Crippen LogP contribution in [0.1, 0.15) is 65.7 Å². The van der Waals surface area contributed by atoms with E-state index in [-0.39, 0.29) is 34.8 Å². The van der Waals surface area contributed by atoms with Gasteiger partial charge in [0.1, 0.15) is 0 Å². The fourth-order valence-electron chi connectivity index (χ4n) is 6.77. The summed E-state index contributed by atoms with van der Waals surface area (Å²) in [6.07, 6.45) is 12.8. The smallest absolute Gasteiger partial charge is 0.311 e. The van der Waals surface area contributed by atoms with E-state index in [0.717, 1.165) is 50.4 Å². The minimum atomic E-state index is -0.340. The summed E-state index contributed by atoms with van der Waals surface area (Å²) < 4.78 is 5.42. The Morgan fingerprint density at radius 3 is 2.71 bits per heavy atom. The van der Waals surface area contributed by atoms with Crippen molar-refractivity contribution in [1.82, 2.24) is 0 Å². The van der Waals surface area contributed by atoms with E-state index in [9.17, 15) is 14.4 Å². The molecular weight excluding hydrogens is 352 g/mol. The maximum atomic E-state index is 11.9. The molecule has 5 atom stereocenters. The lowest BCUT2D eigenvalue weighted by Crippen LogP contribution is -2.48. The van der Waals surface area contributed by atoms with Crippen LogP contribution in [0.2, 0.25) is 0 Å². The molecule has 0 bridgehead atoms. The summed E-state index contributed by atoms with van der Waals surface area (Å²) in [5, 5.41) is 0. The number of ketones is 1. The quantitative estimate of drug-likeness (QED) is 0.307. The van der Waals surface area contributed by atoms with Gasteiger partial charge in [0.25, 0.3) is 0 Å². The van der Waals surface area contributed by atoms with Crippen LogP contribution < -0.4 is 0 Å². The number of aldehydes is 1. The van der Waals surface area contributed by atoms with Crippen molar-refractivity contribution in [2.75, 3.05) is 0 Å². The Morgan fingerprint density at radius 2 is 2.00 bits per heavy atom. The van der Waals surface area contributed by atoms with E-state index in [1.807, 2.05) is 6.08 Å². The van der Waals surface area contributed by atoms with Crippen molar-refractivity contribution < 1.29 is 19.1 Å². The number of hydrogen-bond donors (Lipinski definition) is 0. The third-order valence-corrected chi connectivity index (χ3v) is 8.26. The van der Waals surface area contributed by atoms with Crippen molar-refractivity contribution in [2.45, 2.75) is 65.7 Å². The highest BCUT2D eigenvalue weighted by molar-refractivity contribution is 6.01. The fraction of sp³-hybridized carbons (Fsp3) is 0.625. The normalized spacial score (nSPS) is 40.8. The number of rotatable bonds is 3. The number of ether oxygens (including phenoxy) is 1. The first kappa shape index (κ1) is 19.4. The van der Waals surface area contributed by atoms with E-state index in [4.69, 9.17) is 4.74 Å². The first-order valence-electron chi connectivity index (χ1n) is 10.7. The molecule has 0 radical (unpaired) electrons. The SMILES string of the molecule is CCC(=O)O/C(C=O)=C1/CC[C@H]2[C@@H]3CCC4=CC(=O)C=C[C@]4(C)[C@H]3CC[C@]12C. The number of hydrogen-bond acceptors (Lipinski definition) is 4. The lowest BCUT2D eigenvalue weighted by atomic mass is 9.48. The molecule has 4 nitrogen and oxygen atoms in total. The molecule has 28 heavy (non-hydrogen) atoms. The van der Waals surface area contributed by atoms with Crippen molar-refractivity contribution in [1.29, 1.82) is 0 Å².